The molecule has 1 aliphatic heterocycles. The van der Waals surface area contributed by atoms with Gasteiger partial charge in [-0.1, -0.05) is 29.3 Å². The maximum absolute atomic E-state index is 12.4. The molecule has 8 heteroatoms. The van der Waals surface area contributed by atoms with Gasteiger partial charge in [0.05, 0.1) is 12.8 Å². The summed E-state index contributed by atoms with van der Waals surface area (Å²) in [7, 11) is 0. The number of guanidine groups is 1. The number of hydrogen-bond donors (Lipinski definition) is 1. The first-order valence-corrected chi connectivity index (χ1v) is 9.64. The van der Waals surface area contributed by atoms with Gasteiger partial charge in [0, 0.05) is 42.8 Å². The lowest BCUT2D eigenvalue weighted by molar-refractivity contribution is 0.0657. The molecule has 2 aromatic rings. The summed E-state index contributed by atoms with van der Waals surface area (Å²) in [6.07, 6.45) is 1.52. The molecule has 1 fully saturated rings. The number of amides is 1. The van der Waals surface area contributed by atoms with Gasteiger partial charge in [-0.05, 0) is 36.8 Å². The minimum absolute atomic E-state index is 0.0745. The fourth-order valence-corrected chi connectivity index (χ4v) is 3.38. The maximum Gasteiger partial charge on any atom is 0.289 e. The van der Waals surface area contributed by atoms with Crippen LogP contribution in [0, 0.1) is 0 Å². The molecule has 0 radical (unpaired) electrons. The van der Waals surface area contributed by atoms with Crippen molar-refractivity contribution in [1.29, 1.82) is 0 Å². The van der Waals surface area contributed by atoms with Gasteiger partial charge in [0.1, 0.15) is 0 Å². The Labute approximate surface area is 168 Å². The Balaban J connectivity index is 1.63. The molecule has 27 heavy (non-hydrogen) atoms. The third-order valence-electron chi connectivity index (χ3n) is 4.35. The molecule has 1 aromatic carbocycles. The first-order valence-electron chi connectivity index (χ1n) is 8.88. The number of piperazine rings is 1. The van der Waals surface area contributed by atoms with Crippen LogP contribution in [-0.4, -0.2) is 54.4 Å². The summed E-state index contributed by atoms with van der Waals surface area (Å²) in [6.45, 7) is 5.89. The zero-order valence-corrected chi connectivity index (χ0v) is 16.6. The van der Waals surface area contributed by atoms with Crippen LogP contribution in [0.4, 0.5) is 0 Å². The van der Waals surface area contributed by atoms with Crippen LogP contribution in [0.25, 0.3) is 0 Å². The van der Waals surface area contributed by atoms with Crippen LogP contribution in [0.5, 0.6) is 0 Å². The summed E-state index contributed by atoms with van der Waals surface area (Å²) in [5, 5.41) is 4.53. The van der Waals surface area contributed by atoms with Gasteiger partial charge in [-0.2, -0.15) is 0 Å². The SMILES string of the molecule is CCNC(=NCc1ccc(Cl)cc1Cl)N1CCN(C(=O)c2ccco2)CC1. The highest BCUT2D eigenvalue weighted by atomic mass is 35.5. The Hall–Kier alpha value is -2.18. The van der Waals surface area contributed by atoms with E-state index in [9.17, 15) is 4.79 Å². The Kier molecular flexibility index (Phi) is 6.63. The molecule has 0 spiro atoms. The van der Waals surface area contributed by atoms with E-state index in [2.05, 4.69) is 10.2 Å². The van der Waals surface area contributed by atoms with E-state index in [1.165, 1.54) is 6.26 Å². The van der Waals surface area contributed by atoms with Crippen molar-refractivity contribution in [2.24, 2.45) is 4.99 Å². The van der Waals surface area contributed by atoms with Gasteiger partial charge < -0.3 is 19.5 Å². The minimum Gasteiger partial charge on any atom is -0.459 e. The Morgan fingerprint density at radius 1 is 1.19 bits per heavy atom. The second-order valence-corrected chi connectivity index (χ2v) is 7.01. The molecule has 0 unspecified atom stereocenters. The molecule has 1 saturated heterocycles. The van der Waals surface area contributed by atoms with E-state index in [0.717, 1.165) is 18.1 Å². The molecular weight excluding hydrogens is 387 g/mol. The first kappa shape index (κ1) is 19.6. The van der Waals surface area contributed by atoms with Crippen LogP contribution in [0.1, 0.15) is 23.0 Å². The van der Waals surface area contributed by atoms with Gasteiger partial charge in [-0.3, -0.25) is 4.79 Å². The number of hydrogen-bond acceptors (Lipinski definition) is 3. The maximum atomic E-state index is 12.4. The van der Waals surface area contributed by atoms with E-state index in [4.69, 9.17) is 32.6 Å². The quantitative estimate of drug-likeness (QED) is 0.620. The lowest BCUT2D eigenvalue weighted by Crippen LogP contribution is -2.53. The van der Waals surface area contributed by atoms with Gasteiger partial charge in [-0.15, -0.1) is 0 Å². The highest BCUT2D eigenvalue weighted by Crippen LogP contribution is 2.21. The van der Waals surface area contributed by atoms with Crippen LogP contribution in [0.3, 0.4) is 0 Å². The highest BCUT2D eigenvalue weighted by molar-refractivity contribution is 6.35. The standard InChI is InChI=1S/C19H22Cl2N4O2/c1-2-22-19(23-13-14-5-6-15(20)12-16(14)21)25-9-7-24(8-10-25)18(26)17-4-3-11-27-17/h3-6,11-12H,2,7-10,13H2,1H3,(H,22,23). The Bertz CT molecular complexity index is 800. The molecule has 1 aromatic heterocycles. The predicted molar refractivity (Wildman–Crippen MR) is 107 cm³/mol. The summed E-state index contributed by atoms with van der Waals surface area (Å²) in [5.74, 6) is 1.12. The van der Waals surface area contributed by atoms with Crippen molar-refractivity contribution in [3.8, 4) is 0 Å². The van der Waals surface area contributed by atoms with E-state index >= 15 is 0 Å². The van der Waals surface area contributed by atoms with Gasteiger partial charge in [0.25, 0.3) is 5.91 Å². The second-order valence-electron chi connectivity index (χ2n) is 6.16. The van der Waals surface area contributed by atoms with E-state index in [-0.39, 0.29) is 5.91 Å². The van der Waals surface area contributed by atoms with E-state index in [0.29, 0.717) is 48.5 Å². The topological polar surface area (TPSA) is 61.1 Å². The van der Waals surface area contributed by atoms with Crippen molar-refractivity contribution in [3.05, 3.63) is 58.0 Å². The molecule has 3 rings (SSSR count). The average Bonchev–Trinajstić information content (AvgIpc) is 3.21. The molecule has 1 N–H and O–H groups in total. The highest BCUT2D eigenvalue weighted by Gasteiger charge is 2.25. The number of aliphatic imine (C=N–C) groups is 1. The van der Waals surface area contributed by atoms with Crippen LogP contribution in [0.2, 0.25) is 10.0 Å². The summed E-state index contributed by atoms with van der Waals surface area (Å²) in [6, 6.07) is 8.83. The predicted octanol–water partition coefficient (Wildman–Crippen LogP) is 3.51. The van der Waals surface area contributed by atoms with E-state index in [1.807, 2.05) is 19.1 Å². The van der Waals surface area contributed by atoms with Crippen molar-refractivity contribution in [3.63, 3.8) is 0 Å². The normalized spacial score (nSPS) is 15.1. The van der Waals surface area contributed by atoms with E-state index < -0.39 is 0 Å². The molecular formula is C19H22Cl2N4O2. The lowest BCUT2D eigenvalue weighted by Gasteiger charge is -2.36. The van der Waals surface area contributed by atoms with Crippen LogP contribution < -0.4 is 5.32 Å². The third kappa shape index (κ3) is 4.96. The number of nitrogens with zero attached hydrogens (tertiary/aromatic N) is 3. The molecule has 1 aliphatic rings. The molecule has 2 heterocycles. The molecule has 0 saturated carbocycles. The van der Waals surface area contributed by atoms with Crippen LogP contribution in [0.15, 0.2) is 46.0 Å². The summed E-state index contributed by atoms with van der Waals surface area (Å²) in [5.41, 5.74) is 0.920. The van der Waals surface area contributed by atoms with Crippen molar-refractivity contribution >= 4 is 35.1 Å². The fourth-order valence-electron chi connectivity index (χ4n) is 2.91. The monoisotopic (exact) mass is 408 g/mol. The van der Waals surface area contributed by atoms with Crippen molar-refractivity contribution in [2.75, 3.05) is 32.7 Å². The number of benzene rings is 1. The molecule has 1 amide bonds. The Morgan fingerprint density at radius 2 is 1.93 bits per heavy atom. The smallest absolute Gasteiger partial charge is 0.289 e. The van der Waals surface area contributed by atoms with Gasteiger partial charge in [0.2, 0.25) is 0 Å². The van der Waals surface area contributed by atoms with Crippen molar-refractivity contribution in [2.45, 2.75) is 13.5 Å². The number of nitrogens with one attached hydrogen (secondary N) is 1. The largest absolute Gasteiger partial charge is 0.459 e. The number of carbonyl (C=O) groups is 1. The van der Waals surface area contributed by atoms with Crippen LogP contribution in [-0.2, 0) is 6.54 Å². The zero-order valence-electron chi connectivity index (χ0n) is 15.1. The Morgan fingerprint density at radius 3 is 2.56 bits per heavy atom. The number of halogens is 2. The zero-order chi connectivity index (χ0) is 19.2. The summed E-state index contributed by atoms with van der Waals surface area (Å²) < 4.78 is 5.21. The van der Waals surface area contributed by atoms with Gasteiger partial charge in [0.15, 0.2) is 11.7 Å². The minimum atomic E-state index is -0.0745. The molecule has 0 aliphatic carbocycles. The summed E-state index contributed by atoms with van der Waals surface area (Å²) in [4.78, 5) is 21.0. The third-order valence-corrected chi connectivity index (χ3v) is 4.93. The molecule has 6 nitrogen and oxygen atoms in total. The number of rotatable bonds is 4. The van der Waals surface area contributed by atoms with E-state index in [1.54, 1.807) is 23.1 Å². The first-order chi connectivity index (χ1) is 13.1. The molecule has 0 atom stereocenters. The van der Waals surface area contributed by atoms with Crippen LogP contribution >= 0.6 is 23.2 Å². The lowest BCUT2D eigenvalue weighted by atomic mass is 10.2. The number of carbonyl (C=O) groups excluding carboxylic acids is 1. The molecule has 0 bridgehead atoms. The average molecular weight is 409 g/mol. The van der Waals surface area contributed by atoms with Gasteiger partial charge in [-0.25, -0.2) is 4.99 Å². The fraction of sp³-hybridized carbons (Fsp3) is 0.368. The molecule has 144 valence electrons. The second kappa shape index (κ2) is 9.15. The summed E-state index contributed by atoms with van der Waals surface area (Å²) >= 11 is 12.2. The van der Waals surface area contributed by atoms with Crippen molar-refractivity contribution < 1.29 is 9.21 Å². The van der Waals surface area contributed by atoms with Crippen molar-refractivity contribution in [1.82, 2.24) is 15.1 Å². The number of furan rings is 1. The van der Waals surface area contributed by atoms with Gasteiger partial charge >= 0.3 is 0 Å².